The number of amides is 1. The van der Waals surface area contributed by atoms with E-state index in [4.69, 9.17) is 0 Å². The van der Waals surface area contributed by atoms with Gasteiger partial charge in [0.15, 0.2) is 0 Å². The maximum absolute atomic E-state index is 11.8. The van der Waals surface area contributed by atoms with Crippen molar-refractivity contribution in [2.45, 2.75) is 12.8 Å². The molecule has 0 atom stereocenters. The summed E-state index contributed by atoms with van der Waals surface area (Å²) in [5, 5.41) is 9.41. The number of halogens is 1. The first-order valence-electron chi connectivity index (χ1n) is 5.64. The third-order valence-electron chi connectivity index (χ3n) is 2.45. The number of aromatic nitrogens is 3. The summed E-state index contributed by atoms with van der Waals surface area (Å²) >= 11 is 3.33. The van der Waals surface area contributed by atoms with E-state index >= 15 is 0 Å². The van der Waals surface area contributed by atoms with E-state index in [0.717, 1.165) is 23.1 Å². The van der Waals surface area contributed by atoms with Gasteiger partial charge in [0.1, 0.15) is 12.2 Å². The van der Waals surface area contributed by atoms with Crippen LogP contribution in [0.2, 0.25) is 0 Å². The number of carbonyl (C=O) groups excluding carboxylic acids is 1. The number of hydrogen-bond acceptors (Lipinski definition) is 3. The quantitative estimate of drug-likeness (QED) is 0.829. The van der Waals surface area contributed by atoms with E-state index in [-0.39, 0.29) is 5.91 Å². The Morgan fingerprint density at radius 3 is 2.78 bits per heavy atom. The van der Waals surface area contributed by atoms with Gasteiger partial charge in [-0.1, -0.05) is 15.9 Å². The highest BCUT2D eigenvalue weighted by molar-refractivity contribution is 9.10. The van der Waals surface area contributed by atoms with Gasteiger partial charge in [-0.15, -0.1) is 0 Å². The first-order chi connectivity index (χ1) is 8.75. The number of H-pyrrole nitrogens is 1. The average Bonchev–Trinajstić information content (AvgIpc) is 2.88. The van der Waals surface area contributed by atoms with Crippen LogP contribution in [-0.2, 0) is 6.42 Å². The number of aryl methyl sites for hydroxylation is 1. The first-order valence-corrected chi connectivity index (χ1v) is 6.43. The molecule has 0 radical (unpaired) electrons. The van der Waals surface area contributed by atoms with E-state index in [1.807, 2.05) is 12.1 Å². The highest BCUT2D eigenvalue weighted by atomic mass is 79.9. The molecule has 2 rings (SSSR count). The number of hydrogen-bond donors (Lipinski definition) is 2. The Morgan fingerprint density at radius 2 is 2.11 bits per heavy atom. The molecule has 6 heteroatoms. The van der Waals surface area contributed by atoms with Crippen molar-refractivity contribution in [1.82, 2.24) is 20.5 Å². The zero-order valence-corrected chi connectivity index (χ0v) is 11.3. The van der Waals surface area contributed by atoms with Crippen LogP contribution in [0.1, 0.15) is 22.6 Å². The van der Waals surface area contributed by atoms with E-state index in [9.17, 15) is 4.79 Å². The Labute approximate surface area is 113 Å². The molecule has 2 N–H and O–H groups in total. The maximum Gasteiger partial charge on any atom is 0.251 e. The largest absolute Gasteiger partial charge is 0.352 e. The molecule has 1 amide bonds. The number of nitrogens with zero attached hydrogens (tertiary/aromatic N) is 2. The van der Waals surface area contributed by atoms with Gasteiger partial charge in [0.25, 0.3) is 5.91 Å². The molecule has 2 aromatic rings. The zero-order valence-electron chi connectivity index (χ0n) is 9.69. The number of carbonyl (C=O) groups is 1. The summed E-state index contributed by atoms with van der Waals surface area (Å²) in [5.41, 5.74) is 0.665. The summed E-state index contributed by atoms with van der Waals surface area (Å²) in [6.07, 6.45) is 3.09. The molecule has 0 fully saturated rings. The first kappa shape index (κ1) is 12.8. The lowest BCUT2D eigenvalue weighted by molar-refractivity contribution is 0.0953. The van der Waals surface area contributed by atoms with Crippen LogP contribution in [0.5, 0.6) is 0 Å². The van der Waals surface area contributed by atoms with Crippen LogP contribution >= 0.6 is 15.9 Å². The van der Waals surface area contributed by atoms with Gasteiger partial charge in [-0.25, -0.2) is 4.98 Å². The highest BCUT2D eigenvalue weighted by Crippen LogP contribution is 2.10. The van der Waals surface area contributed by atoms with Crippen molar-refractivity contribution in [3.63, 3.8) is 0 Å². The summed E-state index contributed by atoms with van der Waals surface area (Å²) in [6.45, 7) is 0.621. The SMILES string of the molecule is O=C(NCCCc1ncn[nH]1)c1ccc(Br)cc1. The van der Waals surface area contributed by atoms with E-state index < -0.39 is 0 Å². The minimum atomic E-state index is -0.0555. The number of nitrogens with one attached hydrogen (secondary N) is 2. The molecule has 18 heavy (non-hydrogen) atoms. The monoisotopic (exact) mass is 308 g/mol. The molecule has 0 saturated heterocycles. The Balaban J connectivity index is 1.73. The summed E-state index contributed by atoms with van der Waals surface area (Å²) in [5.74, 6) is 0.785. The van der Waals surface area contributed by atoms with Crippen molar-refractivity contribution in [2.24, 2.45) is 0 Å². The second-order valence-electron chi connectivity index (χ2n) is 3.80. The third kappa shape index (κ3) is 3.66. The van der Waals surface area contributed by atoms with Crippen molar-refractivity contribution >= 4 is 21.8 Å². The predicted molar refractivity (Wildman–Crippen MR) is 71.2 cm³/mol. The molecule has 94 valence electrons. The summed E-state index contributed by atoms with van der Waals surface area (Å²) < 4.78 is 0.962. The average molecular weight is 309 g/mol. The summed E-state index contributed by atoms with van der Waals surface area (Å²) in [7, 11) is 0. The van der Waals surface area contributed by atoms with Crippen LogP contribution in [0.25, 0.3) is 0 Å². The van der Waals surface area contributed by atoms with Crippen molar-refractivity contribution in [3.8, 4) is 0 Å². The molecule has 0 saturated carbocycles. The minimum absolute atomic E-state index is 0.0555. The van der Waals surface area contributed by atoms with Crippen LogP contribution in [0.3, 0.4) is 0 Å². The Kier molecular flexibility index (Phi) is 4.46. The molecule has 0 bridgehead atoms. The smallest absolute Gasteiger partial charge is 0.251 e. The van der Waals surface area contributed by atoms with E-state index in [2.05, 4.69) is 36.4 Å². The van der Waals surface area contributed by atoms with Crippen molar-refractivity contribution in [3.05, 3.63) is 46.5 Å². The number of benzene rings is 1. The molecule has 0 aliphatic heterocycles. The Bertz CT molecular complexity index is 495. The standard InChI is InChI=1S/C12H13BrN4O/c13-10-5-3-9(4-6-10)12(18)14-7-1-2-11-15-8-16-17-11/h3-6,8H,1-2,7H2,(H,14,18)(H,15,16,17). The fraction of sp³-hybridized carbons (Fsp3) is 0.250. The molecule has 1 aromatic heterocycles. The summed E-state index contributed by atoms with van der Waals surface area (Å²) in [4.78, 5) is 15.8. The predicted octanol–water partition coefficient (Wildman–Crippen LogP) is 1.93. The van der Waals surface area contributed by atoms with Crippen molar-refractivity contribution in [2.75, 3.05) is 6.54 Å². The summed E-state index contributed by atoms with van der Waals surface area (Å²) in [6, 6.07) is 7.28. The van der Waals surface area contributed by atoms with Gasteiger partial charge < -0.3 is 5.32 Å². The van der Waals surface area contributed by atoms with Gasteiger partial charge in [-0.3, -0.25) is 9.89 Å². The van der Waals surface area contributed by atoms with Crippen LogP contribution in [-0.4, -0.2) is 27.6 Å². The molecule has 5 nitrogen and oxygen atoms in total. The van der Waals surface area contributed by atoms with Crippen molar-refractivity contribution < 1.29 is 4.79 Å². The van der Waals surface area contributed by atoms with Gasteiger partial charge in [0.05, 0.1) is 0 Å². The van der Waals surface area contributed by atoms with Gasteiger partial charge in [0.2, 0.25) is 0 Å². The lowest BCUT2D eigenvalue weighted by atomic mass is 10.2. The Hall–Kier alpha value is -1.69. The van der Waals surface area contributed by atoms with Gasteiger partial charge in [-0.2, -0.15) is 5.10 Å². The Morgan fingerprint density at radius 1 is 1.33 bits per heavy atom. The molecule has 0 unspecified atom stereocenters. The number of rotatable bonds is 5. The van der Waals surface area contributed by atoms with Gasteiger partial charge in [-0.05, 0) is 30.7 Å². The third-order valence-corrected chi connectivity index (χ3v) is 2.98. The second kappa shape index (κ2) is 6.30. The van der Waals surface area contributed by atoms with Crippen LogP contribution in [0.4, 0.5) is 0 Å². The van der Waals surface area contributed by atoms with Crippen LogP contribution in [0.15, 0.2) is 35.1 Å². The fourth-order valence-electron chi connectivity index (χ4n) is 1.51. The molecular formula is C12H13BrN4O. The molecule has 1 aromatic carbocycles. The zero-order chi connectivity index (χ0) is 12.8. The van der Waals surface area contributed by atoms with E-state index in [1.165, 1.54) is 6.33 Å². The fourth-order valence-corrected chi connectivity index (χ4v) is 1.78. The van der Waals surface area contributed by atoms with Crippen LogP contribution in [0, 0.1) is 0 Å². The maximum atomic E-state index is 11.8. The van der Waals surface area contributed by atoms with Gasteiger partial charge in [0, 0.05) is 23.0 Å². The topological polar surface area (TPSA) is 70.7 Å². The van der Waals surface area contributed by atoms with Crippen molar-refractivity contribution in [1.29, 1.82) is 0 Å². The normalized spacial score (nSPS) is 10.3. The molecule has 1 heterocycles. The molecular weight excluding hydrogens is 296 g/mol. The van der Waals surface area contributed by atoms with Gasteiger partial charge >= 0.3 is 0 Å². The van der Waals surface area contributed by atoms with E-state index in [1.54, 1.807) is 12.1 Å². The van der Waals surface area contributed by atoms with Crippen LogP contribution < -0.4 is 5.32 Å². The van der Waals surface area contributed by atoms with E-state index in [0.29, 0.717) is 12.1 Å². The number of aromatic amines is 1. The lowest BCUT2D eigenvalue weighted by Crippen LogP contribution is -2.24. The molecule has 0 aliphatic rings. The molecule has 0 aliphatic carbocycles. The highest BCUT2D eigenvalue weighted by Gasteiger charge is 2.04. The second-order valence-corrected chi connectivity index (χ2v) is 4.71. The molecule has 0 spiro atoms. The minimum Gasteiger partial charge on any atom is -0.352 e. The lowest BCUT2D eigenvalue weighted by Gasteiger charge is -2.04.